The third kappa shape index (κ3) is 4.82. The molecule has 0 amide bonds. The SMILES string of the molecule is C=C(C)C(=O)Oc1c(F)cc(-c2ccc(OC(=O)C(C)(C)C)c(F)c2F)cc1F. The van der Waals surface area contributed by atoms with Crippen molar-refractivity contribution in [2.45, 2.75) is 27.7 Å². The Hall–Kier alpha value is -3.16. The summed E-state index contributed by atoms with van der Waals surface area (Å²) in [5.74, 6) is -9.01. The quantitative estimate of drug-likeness (QED) is 0.295. The van der Waals surface area contributed by atoms with Crippen LogP contribution in [0.3, 0.4) is 0 Å². The predicted molar refractivity (Wildman–Crippen MR) is 97.2 cm³/mol. The molecule has 154 valence electrons. The number of hydrogen-bond donors (Lipinski definition) is 0. The maximum absolute atomic E-state index is 14.5. The number of benzene rings is 2. The van der Waals surface area contributed by atoms with Gasteiger partial charge < -0.3 is 9.47 Å². The van der Waals surface area contributed by atoms with E-state index in [1.54, 1.807) is 0 Å². The van der Waals surface area contributed by atoms with Gasteiger partial charge in [-0.05, 0) is 57.5 Å². The van der Waals surface area contributed by atoms with E-state index >= 15 is 0 Å². The molecule has 2 aromatic rings. The lowest BCUT2D eigenvalue weighted by atomic mass is 9.97. The molecule has 0 aliphatic rings. The van der Waals surface area contributed by atoms with Gasteiger partial charge in [-0.2, -0.15) is 4.39 Å². The van der Waals surface area contributed by atoms with Gasteiger partial charge in [0.2, 0.25) is 11.6 Å². The molecule has 29 heavy (non-hydrogen) atoms. The van der Waals surface area contributed by atoms with Crippen LogP contribution in [-0.2, 0) is 9.59 Å². The van der Waals surface area contributed by atoms with E-state index in [2.05, 4.69) is 11.3 Å². The van der Waals surface area contributed by atoms with Gasteiger partial charge in [-0.1, -0.05) is 6.58 Å². The molecule has 2 aromatic carbocycles. The summed E-state index contributed by atoms with van der Waals surface area (Å²) in [7, 11) is 0. The minimum Gasteiger partial charge on any atom is -0.423 e. The van der Waals surface area contributed by atoms with E-state index in [-0.39, 0.29) is 11.1 Å². The van der Waals surface area contributed by atoms with Gasteiger partial charge in [-0.3, -0.25) is 4.79 Å². The first kappa shape index (κ1) is 22.1. The number of esters is 2. The Morgan fingerprint density at radius 1 is 0.931 bits per heavy atom. The number of halogens is 4. The third-order valence-corrected chi connectivity index (χ3v) is 3.71. The number of rotatable bonds is 4. The summed E-state index contributed by atoms with van der Waals surface area (Å²) in [5, 5.41) is 0. The highest BCUT2D eigenvalue weighted by Gasteiger charge is 2.27. The van der Waals surface area contributed by atoms with Gasteiger partial charge in [0.15, 0.2) is 23.2 Å². The van der Waals surface area contributed by atoms with Gasteiger partial charge in [0.1, 0.15) is 0 Å². The fourth-order valence-corrected chi connectivity index (χ4v) is 2.08. The molecule has 0 aliphatic carbocycles. The Morgan fingerprint density at radius 3 is 1.97 bits per heavy atom. The van der Waals surface area contributed by atoms with Crippen LogP contribution in [0.1, 0.15) is 27.7 Å². The molecule has 2 rings (SSSR count). The first-order valence-corrected chi connectivity index (χ1v) is 8.40. The van der Waals surface area contributed by atoms with Gasteiger partial charge in [0, 0.05) is 11.1 Å². The molecule has 4 nitrogen and oxygen atoms in total. The van der Waals surface area contributed by atoms with Crippen LogP contribution in [-0.4, -0.2) is 11.9 Å². The first-order chi connectivity index (χ1) is 13.3. The van der Waals surface area contributed by atoms with E-state index in [1.165, 1.54) is 27.7 Å². The Balaban J connectivity index is 2.43. The fraction of sp³-hybridized carbons (Fsp3) is 0.238. The molecule has 0 radical (unpaired) electrons. The summed E-state index contributed by atoms with van der Waals surface area (Å²) < 4.78 is 66.6. The summed E-state index contributed by atoms with van der Waals surface area (Å²) in [6.07, 6.45) is 0. The predicted octanol–water partition coefficient (Wildman–Crippen LogP) is 5.34. The zero-order valence-electron chi connectivity index (χ0n) is 16.2. The minimum absolute atomic E-state index is 0.0821. The zero-order valence-corrected chi connectivity index (χ0v) is 16.2. The normalized spacial score (nSPS) is 11.2. The molecule has 8 heteroatoms. The van der Waals surface area contributed by atoms with Crippen LogP contribution in [0.2, 0.25) is 0 Å². The van der Waals surface area contributed by atoms with E-state index in [0.29, 0.717) is 12.1 Å². The zero-order chi connectivity index (χ0) is 22.1. The number of hydrogen-bond acceptors (Lipinski definition) is 4. The van der Waals surface area contributed by atoms with Gasteiger partial charge in [-0.25, -0.2) is 18.0 Å². The van der Waals surface area contributed by atoms with Crippen molar-refractivity contribution in [3.05, 3.63) is 59.7 Å². The van der Waals surface area contributed by atoms with Gasteiger partial charge in [0.05, 0.1) is 5.41 Å². The van der Waals surface area contributed by atoms with Gasteiger partial charge >= 0.3 is 11.9 Å². The maximum Gasteiger partial charge on any atom is 0.338 e. The minimum atomic E-state index is -1.49. The van der Waals surface area contributed by atoms with Crippen molar-refractivity contribution in [1.82, 2.24) is 0 Å². The van der Waals surface area contributed by atoms with Crippen LogP contribution < -0.4 is 9.47 Å². The summed E-state index contributed by atoms with van der Waals surface area (Å²) in [4.78, 5) is 23.3. The topological polar surface area (TPSA) is 52.6 Å². The lowest BCUT2D eigenvalue weighted by Crippen LogP contribution is -2.26. The molecule has 0 heterocycles. The Bertz CT molecular complexity index is 983. The van der Waals surface area contributed by atoms with Crippen LogP contribution >= 0.6 is 0 Å². The largest absolute Gasteiger partial charge is 0.423 e. The first-order valence-electron chi connectivity index (χ1n) is 8.40. The van der Waals surface area contributed by atoms with Crippen LogP contribution in [0.15, 0.2) is 36.4 Å². The molecule has 0 fully saturated rings. The number of carbonyl (C=O) groups excluding carboxylic acids is 2. The molecule has 0 unspecified atom stereocenters. The Kier molecular flexibility index (Phi) is 6.15. The highest BCUT2D eigenvalue weighted by molar-refractivity contribution is 5.89. The monoisotopic (exact) mass is 410 g/mol. The summed E-state index contributed by atoms with van der Waals surface area (Å²) in [6.45, 7) is 9.18. The van der Waals surface area contributed by atoms with E-state index in [9.17, 15) is 27.2 Å². The summed E-state index contributed by atoms with van der Waals surface area (Å²) in [5.41, 5.74) is -1.86. The second-order valence-electron chi connectivity index (χ2n) is 7.32. The average molecular weight is 410 g/mol. The third-order valence-electron chi connectivity index (χ3n) is 3.71. The Morgan fingerprint density at radius 2 is 1.48 bits per heavy atom. The highest BCUT2D eigenvalue weighted by atomic mass is 19.2. The van der Waals surface area contributed by atoms with E-state index in [4.69, 9.17) is 4.74 Å². The molecule has 0 spiro atoms. The lowest BCUT2D eigenvalue weighted by Gasteiger charge is -2.17. The van der Waals surface area contributed by atoms with Crippen molar-refractivity contribution in [3.8, 4) is 22.6 Å². The number of ether oxygens (including phenoxy) is 2. The second-order valence-corrected chi connectivity index (χ2v) is 7.32. The van der Waals surface area contributed by atoms with Crippen molar-refractivity contribution in [2.24, 2.45) is 5.41 Å². The van der Waals surface area contributed by atoms with Crippen LogP contribution in [0.4, 0.5) is 17.6 Å². The number of carbonyl (C=O) groups is 2. The lowest BCUT2D eigenvalue weighted by molar-refractivity contribution is -0.143. The molecule has 0 N–H and O–H groups in total. The smallest absolute Gasteiger partial charge is 0.338 e. The highest BCUT2D eigenvalue weighted by Crippen LogP contribution is 2.34. The van der Waals surface area contributed by atoms with Crippen LogP contribution in [0, 0.1) is 28.7 Å². The van der Waals surface area contributed by atoms with Crippen molar-refractivity contribution < 1.29 is 36.6 Å². The second kappa shape index (κ2) is 8.06. The van der Waals surface area contributed by atoms with Crippen molar-refractivity contribution >= 4 is 11.9 Å². The standard InChI is InChI=1S/C21H18F4O4/c1-10(2)19(26)29-18-13(22)8-11(9-14(18)23)12-6-7-15(17(25)16(12)24)28-20(27)21(3,4)5/h6-9H,1H2,2-5H3. The average Bonchev–Trinajstić information content (AvgIpc) is 2.60. The van der Waals surface area contributed by atoms with Crippen LogP contribution in [0.25, 0.3) is 11.1 Å². The maximum atomic E-state index is 14.5. The van der Waals surface area contributed by atoms with Crippen molar-refractivity contribution in [2.75, 3.05) is 0 Å². The van der Waals surface area contributed by atoms with E-state index in [0.717, 1.165) is 12.1 Å². The van der Waals surface area contributed by atoms with Gasteiger partial charge in [-0.15, -0.1) is 0 Å². The Labute approximate surface area is 164 Å². The molecule has 0 aliphatic heterocycles. The molecule has 0 atom stereocenters. The molecular formula is C21H18F4O4. The fourth-order valence-electron chi connectivity index (χ4n) is 2.08. The summed E-state index contributed by atoms with van der Waals surface area (Å²) in [6, 6.07) is 3.35. The van der Waals surface area contributed by atoms with Gasteiger partial charge in [0.25, 0.3) is 0 Å². The molecule has 0 aromatic heterocycles. The van der Waals surface area contributed by atoms with E-state index < -0.39 is 57.7 Å². The summed E-state index contributed by atoms with van der Waals surface area (Å²) >= 11 is 0. The van der Waals surface area contributed by atoms with E-state index in [1.807, 2.05) is 0 Å². The molecule has 0 saturated carbocycles. The molecule has 0 saturated heterocycles. The van der Waals surface area contributed by atoms with Crippen LogP contribution in [0.5, 0.6) is 11.5 Å². The molecular weight excluding hydrogens is 392 g/mol. The molecule has 0 bridgehead atoms. The van der Waals surface area contributed by atoms with Crippen molar-refractivity contribution in [1.29, 1.82) is 0 Å². The van der Waals surface area contributed by atoms with Crippen molar-refractivity contribution in [3.63, 3.8) is 0 Å².